The molecule has 2 heterocycles. The Hall–Kier alpha value is -1.23. The molecule has 4 nitrogen and oxygen atoms in total. The van der Waals surface area contributed by atoms with Gasteiger partial charge in [-0.1, -0.05) is 0 Å². The first kappa shape index (κ1) is 15.2. The number of aromatic nitrogens is 1. The van der Waals surface area contributed by atoms with Crippen molar-refractivity contribution in [3.63, 3.8) is 0 Å². The topological polar surface area (TPSA) is 42.4 Å². The summed E-state index contributed by atoms with van der Waals surface area (Å²) >= 11 is 1.90. The lowest BCUT2D eigenvalue weighted by Gasteiger charge is -2.24. The first-order chi connectivity index (χ1) is 9.44. The Morgan fingerprint density at radius 3 is 2.80 bits per heavy atom. The van der Waals surface area contributed by atoms with Crippen LogP contribution in [0.25, 0.3) is 0 Å². The van der Waals surface area contributed by atoms with E-state index in [4.69, 9.17) is 4.74 Å². The van der Waals surface area contributed by atoms with Crippen molar-refractivity contribution in [3.05, 3.63) is 30.1 Å². The van der Waals surface area contributed by atoms with E-state index in [9.17, 15) is 4.79 Å². The van der Waals surface area contributed by atoms with Gasteiger partial charge in [-0.2, -0.15) is 11.8 Å². The summed E-state index contributed by atoms with van der Waals surface area (Å²) in [7, 11) is 0. The molecule has 2 rings (SSSR count). The highest BCUT2D eigenvalue weighted by molar-refractivity contribution is 7.99. The van der Waals surface area contributed by atoms with Crippen LogP contribution >= 0.6 is 11.8 Å². The molecule has 1 atom stereocenters. The number of amides is 1. The Morgan fingerprint density at radius 2 is 2.15 bits per heavy atom. The van der Waals surface area contributed by atoms with E-state index in [-0.39, 0.29) is 6.09 Å². The molecule has 0 aromatic carbocycles. The van der Waals surface area contributed by atoms with Gasteiger partial charge in [-0.3, -0.25) is 4.98 Å². The summed E-state index contributed by atoms with van der Waals surface area (Å²) in [5.41, 5.74) is 0.861. The fourth-order valence-corrected chi connectivity index (χ4v) is 3.23. The van der Waals surface area contributed by atoms with Crippen LogP contribution in [0.2, 0.25) is 0 Å². The molecule has 20 heavy (non-hydrogen) atoms. The molecule has 0 spiro atoms. The maximum atomic E-state index is 12.0. The monoisotopic (exact) mass is 294 g/mol. The normalized spacial score (nSPS) is 19.1. The van der Waals surface area contributed by atoms with E-state index >= 15 is 0 Å². The minimum atomic E-state index is -0.417. The van der Waals surface area contributed by atoms with Gasteiger partial charge in [0.05, 0.1) is 0 Å². The molecule has 1 aromatic heterocycles. The number of hydrogen-bond acceptors (Lipinski definition) is 4. The molecule has 1 fully saturated rings. The number of carbonyl (C=O) groups excluding carboxylic acids is 1. The van der Waals surface area contributed by atoms with Gasteiger partial charge in [0.1, 0.15) is 5.60 Å². The molecule has 1 saturated heterocycles. The highest BCUT2D eigenvalue weighted by Gasteiger charge is 2.29. The molecule has 1 amide bonds. The van der Waals surface area contributed by atoms with Crippen LogP contribution in [0.15, 0.2) is 24.5 Å². The number of ether oxygens (including phenoxy) is 1. The third-order valence-electron chi connectivity index (χ3n) is 3.03. The van der Waals surface area contributed by atoms with E-state index in [2.05, 4.69) is 4.98 Å². The predicted molar refractivity (Wildman–Crippen MR) is 81.7 cm³/mol. The summed E-state index contributed by atoms with van der Waals surface area (Å²) in [6.07, 6.45) is 4.48. The number of rotatable bonds is 3. The van der Waals surface area contributed by atoms with Gasteiger partial charge >= 0.3 is 6.09 Å². The molecule has 1 unspecified atom stereocenters. The Balaban J connectivity index is 1.76. The average Bonchev–Trinajstić information content (AvgIpc) is 2.84. The third-order valence-corrected chi connectivity index (χ3v) is 4.39. The van der Waals surface area contributed by atoms with Crippen molar-refractivity contribution < 1.29 is 9.53 Å². The second-order valence-electron chi connectivity index (χ2n) is 6.00. The molecule has 0 aliphatic carbocycles. The van der Waals surface area contributed by atoms with E-state index < -0.39 is 5.60 Å². The SMILES string of the molecule is CC(C)(C)OC(=O)N1CCC(SCc2ccncc2)C1. The molecule has 1 aliphatic heterocycles. The lowest BCUT2D eigenvalue weighted by Crippen LogP contribution is -2.35. The minimum Gasteiger partial charge on any atom is -0.444 e. The first-order valence-corrected chi connectivity index (χ1v) is 7.97. The van der Waals surface area contributed by atoms with Crippen molar-refractivity contribution in [2.45, 2.75) is 43.8 Å². The van der Waals surface area contributed by atoms with Crippen molar-refractivity contribution in [2.75, 3.05) is 13.1 Å². The maximum Gasteiger partial charge on any atom is 0.410 e. The van der Waals surface area contributed by atoms with Crippen molar-refractivity contribution >= 4 is 17.9 Å². The Labute approximate surface area is 124 Å². The van der Waals surface area contributed by atoms with Crippen LogP contribution in [0.5, 0.6) is 0 Å². The van der Waals surface area contributed by atoms with Gasteiger partial charge in [0.15, 0.2) is 0 Å². The molecule has 1 aliphatic rings. The van der Waals surface area contributed by atoms with Crippen LogP contribution in [0, 0.1) is 0 Å². The van der Waals surface area contributed by atoms with Gasteiger partial charge in [0.25, 0.3) is 0 Å². The summed E-state index contributed by atoms with van der Waals surface area (Å²) in [4.78, 5) is 17.8. The minimum absolute atomic E-state index is 0.190. The molecule has 0 saturated carbocycles. The zero-order valence-electron chi connectivity index (χ0n) is 12.3. The van der Waals surface area contributed by atoms with Gasteiger partial charge in [0, 0.05) is 36.5 Å². The lowest BCUT2D eigenvalue weighted by atomic mass is 10.2. The number of thioether (sulfide) groups is 1. The summed E-state index contributed by atoms with van der Waals surface area (Å²) in [6, 6.07) is 4.07. The number of carbonyl (C=O) groups is 1. The third kappa shape index (κ3) is 4.71. The quantitative estimate of drug-likeness (QED) is 0.857. The summed E-state index contributed by atoms with van der Waals surface area (Å²) < 4.78 is 5.40. The maximum absolute atomic E-state index is 12.0. The van der Waals surface area contributed by atoms with Gasteiger partial charge in [-0.25, -0.2) is 4.79 Å². The number of nitrogens with zero attached hydrogens (tertiary/aromatic N) is 2. The number of likely N-dealkylation sites (tertiary alicyclic amines) is 1. The molecular formula is C15H22N2O2S. The number of pyridine rings is 1. The van der Waals surface area contributed by atoms with Gasteiger partial charge in [-0.15, -0.1) is 0 Å². The highest BCUT2D eigenvalue weighted by Crippen LogP contribution is 2.26. The Kier molecular flexibility index (Phi) is 4.91. The molecule has 0 N–H and O–H groups in total. The van der Waals surface area contributed by atoms with E-state index in [1.54, 1.807) is 0 Å². The summed E-state index contributed by atoms with van der Waals surface area (Å²) in [6.45, 7) is 7.28. The molecule has 0 bridgehead atoms. The van der Waals surface area contributed by atoms with Gasteiger partial charge in [0.2, 0.25) is 0 Å². The van der Waals surface area contributed by atoms with Crippen molar-refractivity contribution in [3.8, 4) is 0 Å². The molecular weight excluding hydrogens is 272 g/mol. The fourth-order valence-electron chi connectivity index (χ4n) is 2.05. The highest BCUT2D eigenvalue weighted by atomic mass is 32.2. The zero-order valence-corrected chi connectivity index (χ0v) is 13.2. The molecule has 1 aromatic rings. The van der Waals surface area contributed by atoms with Crippen LogP contribution in [-0.4, -0.2) is 39.9 Å². The second-order valence-corrected chi connectivity index (χ2v) is 7.29. The summed E-state index contributed by atoms with van der Waals surface area (Å²) in [5.74, 6) is 0.968. The van der Waals surface area contributed by atoms with Crippen LogP contribution in [-0.2, 0) is 10.5 Å². The van der Waals surface area contributed by atoms with Crippen molar-refractivity contribution in [1.82, 2.24) is 9.88 Å². The molecule has 110 valence electrons. The van der Waals surface area contributed by atoms with Crippen molar-refractivity contribution in [2.24, 2.45) is 0 Å². The molecule has 5 heteroatoms. The Bertz CT molecular complexity index is 445. The second kappa shape index (κ2) is 6.48. The summed E-state index contributed by atoms with van der Waals surface area (Å²) in [5, 5.41) is 0.496. The largest absolute Gasteiger partial charge is 0.444 e. The van der Waals surface area contributed by atoms with E-state index in [0.29, 0.717) is 5.25 Å². The van der Waals surface area contributed by atoms with E-state index in [1.807, 2.05) is 62.0 Å². The smallest absolute Gasteiger partial charge is 0.410 e. The molecule has 0 radical (unpaired) electrons. The standard InChI is InChI=1S/C15H22N2O2S/c1-15(2,3)19-14(18)17-9-6-13(10-17)20-11-12-4-7-16-8-5-12/h4-5,7-8,13H,6,9-11H2,1-3H3. The zero-order chi connectivity index (χ0) is 14.6. The van der Waals surface area contributed by atoms with Crippen LogP contribution in [0.1, 0.15) is 32.8 Å². The van der Waals surface area contributed by atoms with Crippen LogP contribution in [0.3, 0.4) is 0 Å². The fraction of sp³-hybridized carbons (Fsp3) is 0.600. The number of hydrogen-bond donors (Lipinski definition) is 0. The van der Waals surface area contributed by atoms with E-state index in [0.717, 1.165) is 25.3 Å². The average molecular weight is 294 g/mol. The predicted octanol–water partition coefficient (Wildman–Crippen LogP) is 3.32. The first-order valence-electron chi connectivity index (χ1n) is 6.92. The van der Waals surface area contributed by atoms with E-state index in [1.165, 1.54) is 5.56 Å². The van der Waals surface area contributed by atoms with Gasteiger partial charge < -0.3 is 9.64 Å². The van der Waals surface area contributed by atoms with Crippen molar-refractivity contribution in [1.29, 1.82) is 0 Å². The van der Waals surface area contributed by atoms with Crippen LogP contribution in [0.4, 0.5) is 4.79 Å². The van der Waals surface area contributed by atoms with Crippen LogP contribution < -0.4 is 0 Å². The lowest BCUT2D eigenvalue weighted by molar-refractivity contribution is 0.0295. The van der Waals surface area contributed by atoms with Gasteiger partial charge in [-0.05, 0) is 44.9 Å². The Morgan fingerprint density at radius 1 is 1.45 bits per heavy atom.